The number of alkyl halides is 2. The highest BCUT2D eigenvalue weighted by atomic mass is 19.3. The van der Waals surface area contributed by atoms with Gasteiger partial charge in [-0.25, -0.2) is 8.78 Å². The summed E-state index contributed by atoms with van der Waals surface area (Å²) in [6, 6.07) is 7.39. The van der Waals surface area contributed by atoms with E-state index in [0.717, 1.165) is 31.9 Å². The lowest BCUT2D eigenvalue weighted by atomic mass is 10.0. The summed E-state index contributed by atoms with van der Waals surface area (Å²) in [6.07, 6.45) is 0. The predicted octanol–water partition coefficient (Wildman–Crippen LogP) is 4.44. The molecule has 0 N–H and O–H groups in total. The third-order valence-electron chi connectivity index (χ3n) is 4.60. The molecular weight excluding hydrogens is 350 g/mol. The van der Waals surface area contributed by atoms with E-state index in [1.54, 1.807) is 32.9 Å². The molecule has 0 unspecified atom stereocenters. The van der Waals surface area contributed by atoms with Gasteiger partial charge in [-0.05, 0) is 65.8 Å². The monoisotopic (exact) mass is 384 g/mol. The van der Waals surface area contributed by atoms with E-state index in [9.17, 15) is 8.78 Å². The SMILES string of the molecule is CC(C)(C)OCC(F)(F)COc1ccc(N2CCN(C(C)(C)C)CC2)cc1. The second-order valence-electron chi connectivity index (χ2n) is 9.18. The molecule has 0 radical (unpaired) electrons. The Kier molecular flexibility index (Phi) is 6.74. The largest absolute Gasteiger partial charge is 0.487 e. The molecule has 1 aliphatic rings. The maximum atomic E-state index is 13.9. The van der Waals surface area contributed by atoms with Gasteiger partial charge in [-0.1, -0.05) is 0 Å². The van der Waals surface area contributed by atoms with Gasteiger partial charge in [0.25, 0.3) is 0 Å². The van der Waals surface area contributed by atoms with Gasteiger partial charge >= 0.3 is 5.92 Å². The second kappa shape index (κ2) is 8.31. The first-order chi connectivity index (χ1) is 12.4. The topological polar surface area (TPSA) is 24.9 Å². The van der Waals surface area contributed by atoms with E-state index in [-0.39, 0.29) is 5.54 Å². The zero-order valence-corrected chi connectivity index (χ0v) is 17.5. The van der Waals surface area contributed by atoms with Crippen LogP contribution >= 0.6 is 0 Å². The van der Waals surface area contributed by atoms with Crippen LogP contribution in [-0.2, 0) is 4.74 Å². The van der Waals surface area contributed by atoms with Crippen LogP contribution in [-0.4, -0.2) is 61.4 Å². The van der Waals surface area contributed by atoms with E-state index < -0.39 is 24.7 Å². The lowest BCUT2D eigenvalue weighted by Gasteiger charge is -2.43. The van der Waals surface area contributed by atoms with Gasteiger partial charge in [-0.15, -0.1) is 0 Å². The van der Waals surface area contributed by atoms with Crippen LogP contribution in [0.15, 0.2) is 24.3 Å². The van der Waals surface area contributed by atoms with Gasteiger partial charge in [0.1, 0.15) is 12.4 Å². The number of halogens is 2. The fraction of sp³-hybridized carbons (Fsp3) is 0.714. The first kappa shape index (κ1) is 21.9. The third-order valence-corrected chi connectivity index (χ3v) is 4.60. The minimum absolute atomic E-state index is 0.186. The summed E-state index contributed by atoms with van der Waals surface area (Å²) in [5.41, 5.74) is 0.687. The summed E-state index contributed by atoms with van der Waals surface area (Å²) < 4.78 is 38.2. The van der Waals surface area contributed by atoms with E-state index in [0.29, 0.717) is 5.75 Å². The van der Waals surface area contributed by atoms with Crippen molar-refractivity contribution in [3.8, 4) is 5.75 Å². The molecule has 0 atom stereocenters. The Labute approximate surface area is 162 Å². The zero-order valence-electron chi connectivity index (χ0n) is 17.5. The standard InChI is InChI=1S/C21H34F2N2O2/c1-19(2,3)25-13-11-24(12-14-25)17-7-9-18(10-8-17)26-15-21(22,23)16-27-20(4,5)6/h7-10H,11-16H2,1-6H3. The fourth-order valence-corrected chi connectivity index (χ4v) is 2.94. The number of rotatable bonds is 6. The molecule has 1 aromatic carbocycles. The summed E-state index contributed by atoms with van der Waals surface area (Å²) >= 11 is 0. The van der Waals surface area contributed by atoms with E-state index in [1.165, 1.54) is 0 Å². The Bertz CT molecular complexity index is 584. The molecule has 1 heterocycles. The first-order valence-electron chi connectivity index (χ1n) is 9.60. The molecule has 1 fully saturated rings. The summed E-state index contributed by atoms with van der Waals surface area (Å²) in [6.45, 7) is 14.6. The van der Waals surface area contributed by atoms with Crippen LogP contribution in [0.3, 0.4) is 0 Å². The van der Waals surface area contributed by atoms with Crippen LogP contribution in [0.1, 0.15) is 41.5 Å². The van der Waals surface area contributed by atoms with Crippen LogP contribution in [0.4, 0.5) is 14.5 Å². The molecule has 0 aliphatic carbocycles. The Balaban J connectivity index is 1.83. The Morgan fingerprint density at radius 2 is 1.41 bits per heavy atom. The quantitative estimate of drug-likeness (QED) is 0.724. The molecule has 154 valence electrons. The normalized spacial score (nSPS) is 17.3. The molecule has 4 nitrogen and oxygen atoms in total. The molecule has 0 spiro atoms. The fourth-order valence-electron chi connectivity index (χ4n) is 2.94. The third kappa shape index (κ3) is 7.26. The number of benzene rings is 1. The number of nitrogens with zero attached hydrogens (tertiary/aromatic N) is 2. The van der Waals surface area contributed by atoms with Crippen LogP contribution < -0.4 is 9.64 Å². The smallest absolute Gasteiger partial charge is 0.304 e. The van der Waals surface area contributed by atoms with E-state index in [1.807, 2.05) is 12.1 Å². The van der Waals surface area contributed by atoms with Gasteiger partial charge in [0.2, 0.25) is 0 Å². The molecule has 1 aliphatic heterocycles. The van der Waals surface area contributed by atoms with Crippen LogP contribution in [0.2, 0.25) is 0 Å². The lowest BCUT2D eigenvalue weighted by Crippen LogP contribution is -2.53. The summed E-state index contributed by atoms with van der Waals surface area (Å²) in [5, 5.41) is 0. The van der Waals surface area contributed by atoms with Crippen molar-refractivity contribution in [3.05, 3.63) is 24.3 Å². The number of anilines is 1. The van der Waals surface area contributed by atoms with Gasteiger partial charge in [0.05, 0.1) is 5.60 Å². The first-order valence-corrected chi connectivity index (χ1v) is 9.60. The Hall–Kier alpha value is -1.40. The van der Waals surface area contributed by atoms with Crippen molar-refractivity contribution in [2.24, 2.45) is 0 Å². The average molecular weight is 385 g/mol. The van der Waals surface area contributed by atoms with Crippen LogP contribution in [0.25, 0.3) is 0 Å². The van der Waals surface area contributed by atoms with Gasteiger partial charge < -0.3 is 14.4 Å². The molecule has 0 bridgehead atoms. The lowest BCUT2D eigenvalue weighted by molar-refractivity contribution is -0.137. The number of hydrogen-bond acceptors (Lipinski definition) is 4. The maximum Gasteiger partial charge on any atom is 0.304 e. The minimum Gasteiger partial charge on any atom is -0.487 e. The van der Waals surface area contributed by atoms with Crippen molar-refractivity contribution in [1.29, 1.82) is 0 Å². The minimum atomic E-state index is -3.02. The highest BCUT2D eigenvalue weighted by Gasteiger charge is 2.32. The maximum absolute atomic E-state index is 13.9. The second-order valence-corrected chi connectivity index (χ2v) is 9.18. The number of hydrogen-bond donors (Lipinski definition) is 0. The number of piperazine rings is 1. The summed E-state index contributed by atoms with van der Waals surface area (Å²) in [4.78, 5) is 4.79. The van der Waals surface area contributed by atoms with Crippen LogP contribution in [0, 0.1) is 0 Å². The zero-order chi connectivity index (χ0) is 20.3. The van der Waals surface area contributed by atoms with Crippen molar-refractivity contribution in [2.75, 3.05) is 44.3 Å². The van der Waals surface area contributed by atoms with E-state index in [2.05, 4.69) is 30.6 Å². The van der Waals surface area contributed by atoms with Gasteiger partial charge in [0.15, 0.2) is 6.61 Å². The van der Waals surface area contributed by atoms with Gasteiger partial charge in [-0.2, -0.15) is 0 Å². The predicted molar refractivity (Wildman–Crippen MR) is 106 cm³/mol. The van der Waals surface area contributed by atoms with Crippen molar-refractivity contribution in [1.82, 2.24) is 4.90 Å². The van der Waals surface area contributed by atoms with Crippen molar-refractivity contribution in [2.45, 2.75) is 58.6 Å². The molecule has 27 heavy (non-hydrogen) atoms. The molecule has 0 aromatic heterocycles. The number of ether oxygens (including phenoxy) is 2. The van der Waals surface area contributed by atoms with Crippen LogP contribution in [0.5, 0.6) is 5.75 Å². The highest BCUT2D eigenvalue weighted by Crippen LogP contribution is 2.25. The molecule has 0 saturated carbocycles. The van der Waals surface area contributed by atoms with Crippen molar-refractivity contribution >= 4 is 5.69 Å². The molecule has 1 aromatic rings. The van der Waals surface area contributed by atoms with Gasteiger partial charge in [0, 0.05) is 37.4 Å². The summed E-state index contributed by atoms with van der Waals surface area (Å²) in [5.74, 6) is -2.57. The molecule has 0 amide bonds. The highest BCUT2D eigenvalue weighted by molar-refractivity contribution is 5.49. The Morgan fingerprint density at radius 1 is 0.852 bits per heavy atom. The van der Waals surface area contributed by atoms with E-state index in [4.69, 9.17) is 9.47 Å². The molecule has 6 heteroatoms. The Morgan fingerprint density at radius 3 is 1.89 bits per heavy atom. The molecular formula is C21H34F2N2O2. The summed E-state index contributed by atoms with van der Waals surface area (Å²) in [7, 11) is 0. The van der Waals surface area contributed by atoms with Crippen molar-refractivity contribution in [3.63, 3.8) is 0 Å². The molecule has 2 rings (SSSR count). The van der Waals surface area contributed by atoms with E-state index >= 15 is 0 Å². The molecule has 1 saturated heterocycles. The van der Waals surface area contributed by atoms with Crippen molar-refractivity contribution < 1.29 is 18.3 Å². The van der Waals surface area contributed by atoms with Gasteiger partial charge in [-0.3, -0.25) is 4.90 Å². The average Bonchev–Trinajstić information content (AvgIpc) is 2.58.